The lowest BCUT2D eigenvalue weighted by molar-refractivity contribution is 0.0487. The normalized spacial score (nSPS) is 17.4. The Labute approximate surface area is 109 Å². The van der Waals surface area contributed by atoms with E-state index in [0.717, 1.165) is 0 Å². The van der Waals surface area contributed by atoms with Crippen LogP contribution >= 0.6 is 0 Å². The average molecular weight is 273 g/mol. The van der Waals surface area contributed by atoms with Crippen molar-refractivity contribution in [2.45, 2.75) is 51.3 Å². The molecular formula is C12H17F2N3O2. The van der Waals surface area contributed by atoms with Crippen LogP contribution in [0.3, 0.4) is 0 Å². The first-order valence-corrected chi connectivity index (χ1v) is 6.07. The first-order chi connectivity index (χ1) is 8.72. The van der Waals surface area contributed by atoms with Crippen molar-refractivity contribution >= 4 is 6.09 Å². The number of ether oxygens (including phenoxy) is 1. The zero-order valence-electron chi connectivity index (χ0n) is 11.1. The van der Waals surface area contributed by atoms with Crippen LogP contribution in [0.4, 0.5) is 13.6 Å². The number of rotatable bonds is 3. The maximum absolute atomic E-state index is 12.5. The fraction of sp³-hybridized carbons (Fsp3) is 0.667. The summed E-state index contributed by atoms with van der Waals surface area (Å²) in [5.74, 6) is 0. The molecule has 0 bridgehead atoms. The molecule has 0 aromatic carbocycles. The maximum atomic E-state index is 12.5. The Morgan fingerprint density at radius 1 is 1.53 bits per heavy atom. The Bertz CT molecular complexity index is 476. The Balaban J connectivity index is 2.04. The molecule has 1 heterocycles. The highest BCUT2D eigenvalue weighted by Crippen LogP contribution is 2.45. The molecule has 1 aromatic rings. The lowest BCUT2D eigenvalue weighted by Crippen LogP contribution is -2.39. The molecule has 1 aromatic heterocycles. The van der Waals surface area contributed by atoms with E-state index in [-0.39, 0.29) is 0 Å². The molecule has 19 heavy (non-hydrogen) atoms. The number of hydrogen-bond acceptors (Lipinski definition) is 3. The highest BCUT2D eigenvalue weighted by atomic mass is 19.3. The molecule has 1 aliphatic rings. The summed E-state index contributed by atoms with van der Waals surface area (Å²) < 4.78 is 30.7. The van der Waals surface area contributed by atoms with E-state index in [1.54, 1.807) is 20.8 Å². The molecular weight excluding hydrogens is 256 g/mol. The van der Waals surface area contributed by atoms with Crippen molar-refractivity contribution in [1.82, 2.24) is 15.1 Å². The van der Waals surface area contributed by atoms with Gasteiger partial charge in [-0.25, -0.2) is 9.48 Å². The molecule has 0 atom stereocenters. The molecule has 2 rings (SSSR count). The van der Waals surface area contributed by atoms with Crippen LogP contribution in [-0.2, 0) is 10.3 Å². The molecule has 5 nitrogen and oxygen atoms in total. The van der Waals surface area contributed by atoms with Crippen LogP contribution in [0.1, 0.15) is 45.9 Å². The zero-order valence-corrected chi connectivity index (χ0v) is 11.1. The van der Waals surface area contributed by atoms with Gasteiger partial charge in [-0.15, -0.1) is 0 Å². The lowest BCUT2D eigenvalue weighted by Gasteiger charge is -2.22. The number of nitrogens with zero attached hydrogens (tertiary/aromatic N) is 2. The van der Waals surface area contributed by atoms with E-state index in [2.05, 4.69) is 10.4 Å². The number of alkyl halides is 2. The van der Waals surface area contributed by atoms with Crippen molar-refractivity contribution in [3.63, 3.8) is 0 Å². The minimum Gasteiger partial charge on any atom is -0.444 e. The summed E-state index contributed by atoms with van der Waals surface area (Å²) in [5.41, 5.74) is -0.802. The molecule has 0 radical (unpaired) electrons. The average Bonchev–Trinajstić information content (AvgIpc) is 2.84. The molecule has 106 valence electrons. The predicted octanol–water partition coefficient (Wildman–Crippen LogP) is 2.79. The van der Waals surface area contributed by atoms with Crippen molar-refractivity contribution < 1.29 is 18.3 Å². The van der Waals surface area contributed by atoms with Crippen LogP contribution in [0, 0.1) is 0 Å². The number of hydrogen-bond donors (Lipinski definition) is 1. The van der Waals surface area contributed by atoms with Crippen LogP contribution in [-0.4, -0.2) is 21.5 Å². The van der Waals surface area contributed by atoms with Crippen LogP contribution in [0.25, 0.3) is 0 Å². The van der Waals surface area contributed by atoms with Gasteiger partial charge in [-0.1, -0.05) is 0 Å². The smallest absolute Gasteiger partial charge is 0.408 e. The van der Waals surface area contributed by atoms with Gasteiger partial charge in [0.15, 0.2) is 0 Å². The number of amides is 1. The minimum absolute atomic E-state index is 0.443. The van der Waals surface area contributed by atoms with E-state index >= 15 is 0 Å². The van der Waals surface area contributed by atoms with Gasteiger partial charge in [-0.05, 0) is 39.7 Å². The quantitative estimate of drug-likeness (QED) is 0.921. The van der Waals surface area contributed by atoms with E-state index in [1.165, 1.54) is 12.3 Å². The first kappa shape index (κ1) is 13.8. The fourth-order valence-corrected chi connectivity index (χ4v) is 1.77. The molecule has 1 N–H and O–H groups in total. The van der Waals surface area contributed by atoms with Crippen molar-refractivity contribution in [1.29, 1.82) is 0 Å². The van der Waals surface area contributed by atoms with Crippen molar-refractivity contribution in [2.24, 2.45) is 0 Å². The number of aromatic nitrogens is 2. The van der Waals surface area contributed by atoms with Gasteiger partial charge < -0.3 is 10.1 Å². The number of carbonyl (C=O) groups is 1. The van der Waals surface area contributed by atoms with Gasteiger partial charge in [-0.2, -0.15) is 13.9 Å². The summed E-state index contributed by atoms with van der Waals surface area (Å²) in [5, 5.41) is 6.50. The molecule has 1 amide bonds. The van der Waals surface area contributed by atoms with E-state index in [1.807, 2.05) is 0 Å². The van der Waals surface area contributed by atoms with Crippen molar-refractivity contribution in [3.8, 4) is 0 Å². The maximum Gasteiger partial charge on any atom is 0.408 e. The van der Waals surface area contributed by atoms with Gasteiger partial charge in [0, 0.05) is 6.20 Å². The van der Waals surface area contributed by atoms with Crippen molar-refractivity contribution in [3.05, 3.63) is 18.0 Å². The summed E-state index contributed by atoms with van der Waals surface area (Å²) >= 11 is 0. The molecule has 0 saturated heterocycles. The summed E-state index contributed by atoms with van der Waals surface area (Å²) in [7, 11) is 0. The first-order valence-electron chi connectivity index (χ1n) is 6.07. The van der Waals surface area contributed by atoms with E-state index in [4.69, 9.17) is 4.74 Å². The van der Waals surface area contributed by atoms with Crippen molar-refractivity contribution in [2.75, 3.05) is 0 Å². The van der Waals surface area contributed by atoms with Gasteiger partial charge in [0.05, 0.1) is 11.2 Å². The van der Waals surface area contributed by atoms with E-state index in [0.29, 0.717) is 23.2 Å². The second-order valence-electron chi connectivity index (χ2n) is 5.67. The molecule has 1 saturated carbocycles. The standard InChI is InChI=1S/C12H17F2N3O2/c1-11(2,3)19-10(18)15-12(5-6-12)8-4-7-17(16-8)9(13)14/h4,7,9H,5-6H2,1-3H3,(H,15,18). The summed E-state index contributed by atoms with van der Waals surface area (Å²) in [6.07, 6.45) is 1.99. The van der Waals surface area contributed by atoms with E-state index < -0.39 is 23.8 Å². The number of alkyl carbamates (subject to hydrolysis) is 1. The van der Waals surface area contributed by atoms with Gasteiger partial charge in [0.25, 0.3) is 0 Å². The number of nitrogens with one attached hydrogen (secondary N) is 1. The minimum atomic E-state index is -2.67. The Hall–Kier alpha value is -1.66. The van der Waals surface area contributed by atoms with Crippen LogP contribution in [0.2, 0.25) is 0 Å². The highest BCUT2D eigenvalue weighted by Gasteiger charge is 2.48. The van der Waals surface area contributed by atoms with Gasteiger partial charge in [0.1, 0.15) is 5.60 Å². The largest absolute Gasteiger partial charge is 0.444 e. The molecule has 1 aliphatic carbocycles. The number of carbonyl (C=O) groups excluding carboxylic acids is 1. The third kappa shape index (κ3) is 3.21. The molecule has 1 fully saturated rings. The molecule has 0 aliphatic heterocycles. The monoisotopic (exact) mass is 273 g/mol. The molecule has 0 unspecified atom stereocenters. The molecule has 7 heteroatoms. The number of halogens is 2. The van der Waals surface area contributed by atoms with Gasteiger partial charge in [0.2, 0.25) is 0 Å². The van der Waals surface area contributed by atoms with Crippen LogP contribution in [0.15, 0.2) is 12.3 Å². The topological polar surface area (TPSA) is 56.1 Å². The van der Waals surface area contributed by atoms with Gasteiger partial charge >= 0.3 is 12.6 Å². The fourth-order valence-electron chi connectivity index (χ4n) is 1.77. The highest BCUT2D eigenvalue weighted by molar-refractivity contribution is 5.69. The second kappa shape index (κ2) is 4.47. The Morgan fingerprint density at radius 2 is 2.16 bits per heavy atom. The Kier molecular flexibility index (Phi) is 3.24. The van der Waals surface area contributed by atoms with Gasteiger partial charge in [-0.3, -0.25) is 0 Å². The predicted molar refractivity (Wildman–Crippen MR) is 63.8 cm³/mol. The lowest BCUT2D eigenvalue weighted by atomic mass is 10.2. The molecule has 0 spiro atoms. The van der Waals surface area contributed by atoms with Crippen LogP contribution < -0.4 is 5.32 Å². The second-order valence-corrected chi connectivity index (χ2v) is 5.67. The van der Waals surface area contributed by atoms with Crippen LogP contribution in [0.5, 0.6) is 0 Å². The third-order valence-electron chi connectivity index (χ3n) is 2.79. The van der Waals surface area contributed by atoms with E-state index in [9.17, 15) is 13.6 Å². The summed E-state index contributed by atoms with van der Waals surface area (Å²) in [4.78, 5) is 11.7. The summed E-state index contributed by atoms with van der Waals surface area (Å²) in [6, 6.07) is 1.50. The Morgan fingerprint density at radius 3 is 2.58 bits per heavy atom. The SMILES string of the molecule is CC(C)(C)OC(=O)NC1(c2ccn(C(F)F)n2)CC1. The zero-order chi connectivity index (χ0) is 14.3. The summed E-state index contributed by atoms with van der Waals surface area (Å²) in [6.45, 7) is 2.61. The third-order valence-corrected chi connectivity index (χ3v) is 2.79.